The molecule has 0 aliphatic rings. The van der Waals surface area contributed by atoms with Crippen molar-refractivity contribution in [3.8, 4) is 0 Å². The molecule has 0 radical (unpaired) electrons. The monoisotopic (exact) mass is 314 g/mol. The second-order valence-electron chi connectivity index (χ2n) is 4.88. The highest BCUT2D eigenvalue weighted by molar-refractivity contribution is 5.94. The second-order valence-corrected chi connectivity index (χ2v) is 4.88. The summed E-state index contributed by atoms with van der Waals surface area (Å²) in [6.07, 6.45) is -4.29. The zero-order valence-electron chi connectivity index (χ0n) is 12.3. The third-order valence-corrected chi connectivity index (χ3v) is 3.22. The van der Waals surface area contributed by atoms with Crippen molar-refractivity contribution in [2.75, 3.05) is 18.5 Å². The Labute approximate surface area is 125 Å². The van der Waals surface area contributed by atoms with E-state index in [2.05, 4.69) is 5.32 Å². The highest BCUT2D eigenvalue weighted by Crippen LogP contribution is 2.29. The van der Waals surface area contributed by atoms with E-state index in [9.17, 15) is 18.0 Å². The molecule has 7 heteroatoms. The smallest absolute Gasteiger partial charge is 0.406 e. The molecule has 0 spiro atoms. The van der Waals surface area contributed by atoms with Crippen LogP contribution in [0, 0.1) is 6.92 Å². The maximum Gasteiger partial charge on any atom is 0.406 e. The number of fused-ring (bicyclic) bond motifs is 1. The van der Waals surface area contributed by atoms with E-state index in [1.54, 1.807) is 38.1 Å². The van der Waals surface area contributed by atoms with E-state index in [0.29, 0.717) is 22.3 Å². The van der Waals surface area contributed by atoms with Crippen LogP contribution in [-0.2, 0) is 16.1 Å². The van der Waals surface area contributed by atoms with E-state index in [4.69, 9.17) is 4.74 Å². The Hall–Kier alpha value is -2.18. The lowest BCUT2D eigenvalue weighted by atomic mass is 10.2. The van der Waals surface area contributed by atoms with E-state index in [0.717, 1.165) is 0 Å². The predicted octanol–water partition coefficient (Wildman–Crippen LogP) is 3.49. The molecule has 0 bridgehead atoms. The van der Waals surface area contributed by atoms with Gasteiger partial charge in [-0.1, -0.05) is 6.07 Å². The summed E-state index contributed by atoms with van der Waals surface area (Å²) in [5.41, 5.74) is 1.59. The van der Waals surface area contributed by atoms with E-state index in [-0.39, 0.29) is 13.2 Å². The average Bonchev–Trinajstić information content (AvgIpc) is 2.72. The number of aromatic nitrogens is 1. The normalized spacial score (nSPS) is 11.7. The molecule has 120 valence electrons. The largest absolute Gasteiger partial charge is 0.465 e. The van der Waals surface area contributed by atoms with Crippen molar-refractivity contribution in [3.05, 3.63) is 30.0 Å². The third-order valence-electron chi connectivity index (χ3n) is 3.22. The molecule has 0 fully saturated rings. The fraction of sp³-hybridized carbons (Fsp3) is 0.400. The predicted molar refractivity (Wildman–Crippen MR) is 77.9 cm³/mol. The van der Waals surface area contributed by atoms with Gasteiger partial charge < -0.3 is 14.6 Å². The summed E-state index contributed by atoms with van der Waals surface area (Å²) < 4.78 is 44.0. The van der Waals surface area contributed by atoms with E-state index >= 15 is 0 Å². The lowest BCUT2D eigenvalue weighted by molar-refractivity contribution is -0.141. The molecule has 4 nitrogen and oxygen atoms in total. The number of carbonyl (C=O) groups excluding carboxylic acids is 1. The lowest BCUT2D eigenvalue weighted by Crippen LogP contribution is -2.18. The van der Waals surface area contributed by atoms with Gasteiger partial charge in [-0.3, -0.25) is 4.79 Å². The number of halogens is 3. The standard InChI is InChI=1S/C15H17F3N2O2/c1-3-22-14(21)8-19-12-5-4-6-13-11(12)7-10(2)20(13)9-15(16,17)18/h4-7,19H,3,8-9H2,1-2H3. The van der Waals surface area contributed by atoms with Crippen LogP contribution in [0.1, 0.15) is 12.6 Å². The first-order valence-electron chi connectivity index (χ1n) is 6.87. The van der Waals surface area contributed by atoms with Crippen LogP contribution in [0.15, 0.2) is 24.3 Å². The number of aryl methyl sites for hydroxylation is 1. The van der Waals surface area contributed by atoms with Crippen molar-refractivity contribution < 1.29 is 22.7 Å². The summed E-state index contributed by atoms with van der Waals surface area (Å²) in [5.74, 6) is -0.411. The average molecular weight is 314 g/mol. The van der Waals surface area contributed by atoms with Crippen molar-refractivity contribution in [2.45, 2.75) is 26.6 Å². The quantitative estimate of drug-likeness (QED) is 0.859. The molecule has 0 saturated carbocycles. The number of carbonyl (C=O) groups is 1. The molecule has 0 amide bonds. The summed E-state index contributed by atoms with van der Waals surface area (Å²) in [4.78, 5) is 11.4. The van der Waals surface area contributed by atoms with Crippen LogP contribution < -0.4 is 5.32 Å². The van der Waals surface area contributed by atoms with Gasteiger partial charge in [0.1, 0.15) is 13.1 Å². The van der Waals surface area contributed by atoms with E-state index in [1.807, 2.05) is 0 Å². The van der Waals surface area contributed by atoms with E-state index in [1.165, 1.54) is 4.57 Å². The summed E-state index contributed by atoms with van der Waals surface area (Å²) in [6, 6.07) is 6.68. The van der Waals surface area contributed by atoms with Gasteiger partial charge in [0.05, 0.1) is 12.1 Å². The Morgan fingerprint density at radius 3 is 2.73 bits per heavy atom. The first-order chi connectivity index (χ1) is 10.3. The molecular formula is C15H17F3N2O2. The number of ether oxygens (including phenoxy) is 1. The van der Waals surface area contributed by atoms with Crippen LogP contribution in [0.5, 0.6) is 0 Å². The molecule has 1 aromatic carbocycles. The lowest BCUT2D eigenvalue weighted by Gasteiger charge is -2.12. The van der Waals surface area contributed by atoms with Gasteiger partial charge in [-0.2, -0.15) is 13.2 Å². The van der Waals surface area contributed by atoms with Crippen LogP contribution in [0.4, 0.5) is 18.9 Å². The van der Waals surface area contributed by atoms with Crippen LogP contribution in [0.3, 0.4) is 0 Å². The molecule has 0 aliphatic carbocycles. The van der Waals surface area contributed by atoms with Crippen molar-refractivity contribution in [3.63, 3.8) is 0 Å². The Morgan fingerprint density at radius 2 is 2.09 bits per heavy atom. The van der Waals surface area contributed by atoms with Gasteiger partial charge >= 0.3 is 12.1 Å². The molecule has 2 rings (SSSR count). The van der Waals surface area contributed by atoms with Crippen LogP contribution in [0.2, 0.25) is 0 Å². The van der Waals surface area contributed by atoms with Crippen LogP contribution in [0.25, 0.3) is 10.9 Å². The van der Waals surface area contributed by atoms with Crippen LogP contribution in [-0.4, -0.2) is 29.9 Å². The summed E-state index contributed by atoms with van der Waals surface area (Å²) in [6.45, 7) is 2.55. The van der Waals surface area contributed by atoms with Gasteiger partial charge in [0.2, 0.25) is 0 Å². The van der Waals surface area contributed by atoms with Crippen molar-refractivity contribution >= 4 is 22.6 Å². The molecule has 22 heavy (non-hydrogen) atoms. The Balaban J connectivity index is 2.30. The van der Waals surface area contributed by atoms with Crippen LogP contribution >= 0.6 is 0 Å². The SMILES string of the molecule is CCOC(=O)CNc1cccc2c1cc(C)n2CC(F)(F)F. The number of alkyl halides is 3. The minimum atomic E-state index is -4.29. The molecule has 0 aliphatic heterocycles. The number of nitrogens with one attached hydrogen (secondary N) is 1. The highest BCUT2D eigenvalue weighted by Gasteiger charge is 2.29. The Bertz CT molecular complexity index is 677. The van der Waals surface area contributed by atoms with Gasteiger partial charge in [-0.25, -0.2) is 0 Å². The fourth-order valence-corrected chi connectivity index (χ4v) is 2.34. The number of nitrogens with zero attached hydrogens (tertiary/aromatic N) is 1. The van der Waals surface area contributed by atoms with Gasteiger partial charge in [-0.15, -0.1) is 0 Å². The summed E-state index contributed by atoms with van der Waals surface area (Å²) in [5, 5.41) is 3.55. The maximum atomic E-state index is 12.7. The number of esters is 1. The minimum Gasteiger partial charge on any atom is -0.465 e. The van der Waals surface area contributed by atoms with Crippen molar-refractivity contribution in [1.82, 2.24) is 4.57 Å². The molecule has 0 atom stereocenters. The minimum absolute atomic E-state index is 0.0313. The molecule has 1 aromatic heterocycles. The molecule has 0 unspecified atom stereocenters. The maximum absolute atomic E-state index is 12.7. The first-order valence-corrected chi connectivity index (χ1v) is 6.87. The number of rotatable bonds is 5. The molecule has 1 heterocycles. The Kier molecular flexibility index (Phi) is 4.63. The van der Waals surface area contributed by atoms with Gasteiger partial charge in [0.25, 0.3) is 0 Å². The second kappa shape index (κ2) is 6.29. The van der Waals surface area contributed by atoms with E-state index < -0.39 is 18.7 Å². The van der Waals surface area contributed by atoms with Gasteiger partial charge in [-0.05, 0) is 32.0 Å². The molecule has 1 N–H and O–H groups in total. The fourth-order valence-electron chi connectivity index (χ4n) is 2.34. The molecule has 0 saturated heterocycles. The van der Waals surface area contributed by atoms with Crippen molar-refractivity contribution in [1.29, 1.82) is 0 Å². The summed E-state index contributed by atoms with van der Waals surface area (Å²) >= 11 is 0. The van der Waals surface area contributed by atoms with Crippen molar-refractivity contribution in [2.24, 2.45) is 0 Å². The first kappa shape index (κ1) is 16.2. The zero-order valence-corrected chi connectivity index (χ0v) is 12.3. The zero-order chi connectivity index (χ0) is 16.3. The van der Waals surface area contributed by atoms with Gasteiger partial charge in [0.15, 0.2) is 0 Å². The number of hydrogen-bond acceptors (Lipinski definition) is 3. The topological polar surface area (TPSA) is 43.3 Å². The Morgan fingerprint density at radius 1 is 1.36 bits per heavy atom. The molecular weight excluding hydrogens is 297 g/mol. The number of benzene rings is 1. The summed E-state index contributed by atoms with van der Waals surface area (Å²) in [7, 11) is 0. The molecule has 2 aromatic rings. The number of anilines is 1. The van der Waals surface area contributed by atoms with Gasteiger partial charge in [0, 0.05) is 16.8 Å². The highest BCUT2D eigenvalue weighted by atomic mass is 19.4. The number of hydrogen-bond donors (Lipinski definition) is 1. The third kappa shape index (κ3) is 3.72.